The molecule has 16 N–H and O–H groups in total. The minimum atomic E-state index is -5.75. The van der Waals surface area contributed by atoms with Crippen molar-refractivity contribution in [3.8, 4) is 0 Å². The van der Waals surface area contributed by atoms with Gasteiger partial charge < -0.3 is 80.5 Å². The molecule has 3 aromatic rings. The summed E-state index contributed by atoms with van der Waals surface area (Å²) in [6.45, 7) is -5.32. The highest BCUT2D eigenvalue weighted by atomic mass is 31.2. The second kappa shape index (κ2) is 18.5. The molecule has 63 heavy (non-hydrogen) atoms. The van der Waals surface area contributed by atoms with Gasteiger partial charge in [-0.3, -0.25) is 51.3 Å². The van der Waals surface area contributed by atoms with E-state index in [9.17, 15) is 77.6 Å². The summed E-state index contributed by atoms with van der Waals surface area (Å²) in [5.74, 6) is -0.663. The SMILES string of the molecule is CN1CN([C@@H]2O[C@H](COP(=O)(O)OC[C@H](OP(=O)(O)O)[C@H](COP(=O)(O)OC[C@H]3O[C@@H](n4cnc5c(=O)[nH]c(N)nc54)[C@H](O)[C@@H]3O)OP(=O)(O)O)[C@@H](O)[C@H]2O)c2nc(N)[nH]c(=O)c21. The van der Waals surface area contributed by atoms with Crippen molar-refractivity contribution in [2.75, 3.05) is 61.4 Å². The molecule has 2 unspecified atom stereocenters. The molecule has 0 amide bonds. The van der Waals surface area contributed by atoms with Crippen molar-refractivity contribution in [1.82, 2.24) is 29.5 Å². The van der Waals surface area contributed by atoms with Crippen molar-refractivity contribution in [2.24, 2.45) is 0 Å². The molecule has 38 heteroatoms. The summed E-state index contributed by atoms with van der Waals surface area (Å²) in [7, 11) is -20.9. The highest BCUT2D eigenvalue weighted by Crippen LogP contribution is 2.50. The van der Waals surface area contributed by atoms with Crippen molar-refractivity contribution in [2.45, 2.75) is 61.3 Å². The highest BCUT2D eigenvalue weighted by molar-refractivity contribution is 7.48. The van der Waals surface area contributed by atoms with Gasteiger partial charge in [-0.05, 0) is 0 Å². The number of nitrogens with zero attached hydrogens (tertiary/aromatic N) is 6. The molecular formula is C25H40N10O24P4. The number of phosphoric ester groups is 4. The lowest BCUT2D eigenvalue weighted by molar-refractivity contribution is -0.0571. The van der Waals surface area contributed by atoms with Crippen LogP contribution in [0.2, 0.25) is 0 Å². The van der Waals surface area contributed by atoms with Gasteiger partial charge in [0.15, 0.2) is 29.4 Å². The number of H-pyrrole nitrogens is 2. The molecule has 3 aliphatic heterocycles. The Morgan fingerprint density at radius 1 is 0.746 bits per heavy atom. The Hall–Kier alpha value is -3.37. The fourth-order valence-corrected chi connectivity index (χ4v) is 9.03. The van der Waals surface area contributed by atoms with E-state index in [1.807, 2.05) is 0 Å². The standard InChI is InChI=1S/C25H40N10O24P4/c1-33-7-35(19-13(33)21(41)32-25(27)30-19)23-17(39)15(37)11(57-23)5-55-63(50,51)53-3-9(59-61(45,46)47)8(58-60(42,43)44)2-52-62(48,49)54-4-10-14(36)16(38)22(56-10)34-6-28-12-18(34)29-24(26)31-20(12)40/h6,8-11,14-17,22-23,36-39H,2-5,7H2,1H3,(H,48,49)(H,50,51)(H2,42,43,44)(H2,45,46,47)(H3,26,29,31,40)(H3,27,30,32,41)/t8-,9-,10+,11+,14+,15+,16+,17+,22+,23+/m0/s1. The second-order valence-electron chi connectivity index (χ2n) is 13.7. The number of imidazole rings is 1. The van der Waals surface area contributed by atoms with Crippen molar-refractivity contribution >= 4 is 65.9 Å². The van der Waals surface area contributed by atoms with E-state index in [0.717, 1.165) is 10.9 Å². The second-order valence-corrected chi connectivity index (χ2v) is 19.0. The number of nitrogen functional groups attached to an aromatic ring is 2. The molecule has 2 fully saturated rings. The quantitative estimate of drug-likeness (QED) is 0.0498. The number of anilines is 4. The van der Waals surface area contributed by atoms with Crippen molar-refractivity contribution in [1.29, 1.82) is 0 Å². The topological polar surface area (TPSA) is 512 Å². The van der Waals surface area contributed by atoms with Gasteiger partial charge in [0.05, 0.1) is 39.4 Å². The van der Waals surface area contributed by atoms with Crippen LogP contribution in [0.3, 0.4) is 0 Å². The number of aromatic amines is 2. The van der Waals surface area contributed by atoms with Gasteiger partial charge in [0, 0.05) is 7.05 Å². The van der Waals surface area contributed by atoms with E-state index in [1.165, 1.54) is 16.8 Å². The van der Waals surface area contributed by atoms with Crippen LogP contribution >= 0.6 is 31.3 Å². The molecule has 12 atom stereocenters. The van der Waals surface area contributed by atoms with Crippen LogP contribution in [0.4, 0.5) is 23.4 Å². The first-order valence-electron chi connectivity index (χ1n) is 17.5. The minimum Gasteiger partial charge on any atom is -0.387 e. The third kappa shape index (κ3) is 11.5. The first kappa shape index (κ1) is 49.1. The summed E-state index contributed by atoms with van der Waals surface area (Å²) in [5, 5.41) is 42.6. The number of hydrogen-bond donors (Lipinski definition) is 14. The Morgan fingerprint density at radius 2 is 1.22 bits per heavy atom. The average Bonchev–Trinajstić information content (AvgIpc) is 3.88. The van der Waals surface area contributed by atoms with Crippen LogP contribution in [0.15, 0.2) is 15.9 Å². The Labute approximate surface area is 349 Å². The smallest absolute Gasteiger partial charge is 0.387 e. The lowest BCUT2D eigenvalue weighted by atomic mass is 10.1. The molecule has 6 heterocycles. The third-order valence-electron chi connectivity index (χ3n) is 9.19. The van der Waals surface area contributed by atoms with E-state index >= 15 is 0 Å². The summed E-state index contributed by atoms with van der Waals surface area (Å²) in [6, 6.07) is 0. The predicted octanol–water partition coefficient (Wildman–Crippen LogP) is -5.43. The van der Waals surface area contributed by atoms with E-state index in [4.69, 9.17) is 34.5 Å². The lowest BCUT2D eigenvalue weighted by Gasteiger charge is -2.28. The monoisotopic (exact) mass is 988 g/mol. The van der Waals surface area contributed by atoms with E-state index in [0.29, 0.717) is 0 Å². The van der Waals surface area contributed by atoms with Crippen LogP contribution in [-0.2, 0) is 54.9 Å². The van der Waals surface area contributed by atoms with E-state index < -0.39 is 130 Å². The first-order valence-corrected chi connectivity index (χ1v) is 23.5. The zero-order valence-electron chi connectivity index (χ0n) is 31.7. The molecule has 0 aromatic carbocycles. The Morgan fingerprint density at radius 3 is 1.75 bits per heavy atom. The molecule has 0 saturated carbocycles. The number of rotatable bonds is 19. The molecule has 34 nitrogen and oxygen atoms in total. The first-order chi connectivity index (χ1) is 29.1. The van der Waals surface area contributed by atoms with Gasteiger partial charge in [0.25, 0.3) is 11.1 Å². The largest absolute Gasteiger partial charge is 0.472 e. The maximum atomic E-state index is 12.9. The molecule has 3 aromatic heterocycles. The number of fused-ring (bicyclic) bond motifs is 2. The molecule has 354 valence electrons. The number of nitrogens with one attached hydrogen (secondary N) is 2. The van der Waals surface area contributed by atoms with Crippen LogP contribution in [0.25, 0.3) is 11.2 Å². The van der Waals surface area contributed by atoms with Crippen molar-refractivity contribution in [3.63, 3.8) is 0 Å². The van der Waals surface area contributed by atoms with Crippen LogP contribution < -0.4 is 32.4 Å². The number of aliphatic hydroxyl groups is 4. The van der Waals surface area contributed by atoms with Crippen LogP contribution in [0.1, 0.15) is 6.23 Å². The fraction of sp³-hybridized carbons (Fsp3) is 0.640. The number of ether oxygens (including phenoxy) is 2. The maximum Gasteiger partial charge on any atom is 0.472 e. The fourth-order valence-electron chi connectivity index (χ4n) is 6.44. The van der Waals surface area contributed by atoms with Crippen molar-refractivity contribution in [3.05, 3.63) is 27.0 Å². The lowest BCUT2D eigenvalue weighted by Crippen LogP contribution is -2.45. The van der Waals surface area contributed by atoms with Crippen molar-refractivity contribution < 1.29 is 105 Å². The van der Waals surface area contributed by atoms with E-state index in [1.54, 1.807) is 0 Å². The van der Waals surface area contributed by atoms with Crippen LogP contribution in [0, 0.1) is 0 Å². The molecule has 3 aliphatic rings. The number of aliphatic hydroxyl groups excluding tert-OH is 4. The number of aromatic nitrogens is 6. The normalized spacial score (nSPS) is 28.3. The van der Waals surface area contributed by atoms with Gasteiger partial charge in [0.1, 0.15) is 54.5 Å². The van der Waals surface area contributed by atoms with E-state index in [2.05, 4.69) is 38.5 Å². The van der Waals surface area contributed by atoms with Crippen LogP contribution in [-0.4, -0.2) is 174 Å². The van der Waals surface area contributed by atoms with Gasteiger partial charge in [-0.2, -0.15) is 9.97 Å². The Kier molecular flexibility index (Phi) is 14.4. The minimum absolute atomic E-state index is 0.0370. The maximum absolute atomic E-state index is 12.9. The average molecular weight is 989 g/mol. The molecule has 2 saturated heterocycles. The summed E-state index contributed by atoms with van der Waals surface area (Å²) >= 11 is 0. The summed E-state index contributed by atoms with van der Waals surface area (Å²) < 4.78 is 89.5. The third-order valence-corrected chi connectivity index (χ3v) is 12.2. The van der Waals surface area contributed by atoms with Gasteiger partial charge >= 0.3 is 31.3 Å². The number of hydrogen-bond acceptors (Lipinski definition) is 25. The molecule has 0 spiro atoms. The zero-order chi connectivity index (χ0) is 46.6. The summed E-state index contributed by atoms with van der Waals surface area (Å²) in [4.78, 5) is 102. The van der Waals surface area contributed by atoms with Gasteiger partial charge in [0.2, 0.25) is 11.9 Å². The Balaban J connectivity index is 1.07. The Bertz CT molecular complexity index is 2470. The molecule has 0 bridgehead atoms. The predicted molar refractivity (Wildman–Crippen MR) is 201 cm³/mol. The van der Waals surface area contributed by atoms with Crippen LogP contribution in [0.5, 0.6) is 0 Å². The molecular weight excluding hydrogens is 948 g/mol. The van der Waals surface area contributed by atoms with E-state index in [-0.39, 0.29) is 41.2 Å². The van der Waals surface area contributed by atoms with Gasteiger partial charge in [-0.25, -0.2) is 23.2 Å². The molecule has 0 radical (unpaired) electrons. The highest BCUT2D eigenvalue weighted by Gasteiger charge is 2.50. The number of nitrogens with two attached hydrogens (primary N) is 2. The van der Waals surface area contributed by atoms with Gasteiger partial charge in [-0.15, -0.1) is 0 Å². The zero-order valence-corrected chi connectivity index (χ0v) is 35.3. The summed E-state index contributed by atoms with van der Waals surface area (Å²) in [6.07, 6.45) is -17.5. The van der Waals surface area contributed by atoms with Gasteiger partial charge in [-0.1, -0.05) is 0 Å². The number of phosphoric acid groups is 4. The molecule has 6 rings (SSSR count). The summed E-state index contributed by atoms with van der Waals surface area (Å²) in [5.41, 5.74) is 9.45. The molecule has 0 aliphatic carbocycles.